The zero-order valence-electron chi connectivity index (χ0n) is 14.5. The number of amides is 1. The summed E-state index contributed by atoms with van der Waals surface area (Å²) in [6.07, 6.45) is 0. The van der Waals surface area contributed by atoms with E-state index in [4.69, 9.17) is 5.73 Å². The zero-order chi connectivity index (χ0) is 18.2. The van der Waals surface area contributed by atoms with Crippen LogP contribution in [-0.2, 0) is 0 Å². The summed E-state index contributed by atoms with van der Waals surface area (Å²) in [5, 5.41) is 15.0. The molecule has 25 heavy (non-hydrogen) atoms. The standard InChI is InChI=1S/C19H24N4O2/c1-13(2)15-4-3-5-16(12-15)23-19(20)22-11-10-21-18(25)14-6-8-17(24)9-7-14/h3-9,12-13,24H,10-11H2,1-2H3,(H,21,25)(H3,20,22,23). The monoisotopic (exact) mass is 340 g/mol. The molecule has 0 saturated carbocycles. The van der Waals surface area contributed by atoms with E-state index in [1.807, 2.05) is 18.2 Å². The summed E-state index contributed by atoms with van der Waals surface area (Å²) in [7, 11) is 0. The van der Waals surface area contributed by atoms with Crippen LogP contribution in [0.2, 0.25) is 0 Å². The van der Waals surface area contributed by atoms with Gasteiger partial charge in [0.15, 0.2) is 5.96 Å². The minimum absolute atomic E-state index is 0.126. The van der Waals surface area contributed by atoms with Gasteiger partial charge in [0.1, 0.15) is 5.75 Å². The van der Waals surface area contributed by atoms with Crippen molar-refractivity contribution < 1.29 is 9.90 Å². The Labute approximate surface area is 147 Å². The van der Waals surface area contributed by atoms with Gasteiger partial charge < -0.3 is 21.5 Å². The number of anilines is 1. The molecule has 2 rings (SSSR count). The largest absolute Gasteiger partial charge is 0.508 e. The van der Waals surface area contributed by atoms with Crippen LogP contribution in [0.5, 0.6) is 5.75 Å². The van der Waals surface area contributed by atoms with Gasteiger partial charge in [-0.3, -0.25) is 9.79 Å². The molecule has 0 aliphatic carbocycles. The molecule has 0 radical (unpaired) electrons. The van der Waals surface area contributed by atoms with Crippen LogP contribution in [0.25, 0.3) is 0 Å². The lowest BCUT2D eigenvalue weighted by atomic mass is 10.0. The van der Waals surface area contributed by atoms with Crippen LogP contribution in [0, 0.1) is 0 Å². The van der Waals surface area contributed by atoms with Crippen LogP contribution in [0.15, 0.2) is 53.5 Å². The van der Waals surface area contributed by atoms with Crippen molar-refractivity contribution >= 4 is 17.6 Å². The first kappa shape index (κ1) is 18.3. The maximum absolute atomic E-state index is 11.9. The maximum atomic E-state index is 11.9. The predicted octanol–water partition coefficient (Wildman–Crippen LogP) is 2.67. The fourth-order valence-corrected chi connectivity index (χ4v) is 2.22. The van der Waals surface area contributed by atoms with Crippen molar-refractivity contribution in [3.63, 3.8) is 0 Å². The third-order valence-corrected chi connectivity index (χ3v) is 3.63. The Hall–Kier alpha value is -3.02. The molecule has 0 atom stereocenters. The van der Waals surface area contributed by atoms with Crippen molar-refractivity contribution in [1.82, 2.24) is 5.32 Å². The van der Waals surface area contributed by atoms with Gasteiger partial charge in [-0.25, -0.2) is 0 Å². The molecule has 0 saturated heterocycles. The van der Waals surface area contributed by atoms with Crippen molar-refractivity contribution in [3.8, 4) is 5.75 Å². The number of nitrogens with one attached hydrogen (secondary N) is 2. The average Bonchev–Trinajstić information content (AvgIpc) is 2.59. The Morgan fingerprint density at radius 3 is 2.60 bits per heavy atom. The van der Waals surface area contributed by atoms with E-state index in [0.717, 1.165) is 5.69 Å². The molecule has 132 valence electrons. The summed E-state index contributed by atoms with van der Waals surface area (Å²) < 4.78 is 0. The molecule has 0 fully saturated rings. The third kappa shape index (κ3) is 5.84. The second-order valence-corrected chi connectivity index (χ2v) is 5.97. The zero-order valence-corrected chi connectivity index (χ0v) is 14.5. The summed E-state index contributed by atoms with van der Waals surface area (Å²) in [5.41, 5.74) is 8.47. The summed E-state index contributed by atoms with van der Waals surface area (Å²) in [6, 6.07) is 14.1. The first-order valence-electron chi connectivity index (χ1n) is 8.20. The highest BCUT2D eigenvalue weighted by atomic mass is 16.3. The fourth-order valence-electron chi connectivity index (χ4n) is 2.22. The summed E-state index contributed by atoms with van der Waals surface area (Å²) in [4.78, 5) is 16.1. The highest BCUT2D eigenvalue weighted by Crippen LogP contribution is 2.18. The molecular weight excluding hydrogens is 316 g/mol. The number of rotatable bonds is 6. The quantitative estimate of drug-likeness (QED) is 0.369. The highest BCUT2D eigenvalue weighted by Gasteiger charge is 2.04. The number of aliphatic imine (C=N–C) groups is 1. The molecule has 5 N–H and O–H groups in total. The van der Waals surface area contributed by atoms with Crippen LogP contribution >= 0.6 is 0 Å². The maximum Gasteiger partial charge on any atom is 0.251 e. The molecular formula is C19H24N4O2. The average molecular weight is 340 g/mol. The fraction of sp³-hybridized carbons (Fsp3) is 0.263. The minimum atomic E-state index is -0.216. The Morgan fingerprint density at radius 2 is 1.92 bits per heavy atom. The number of carbonyl (C=O) groups excluding carboxylic acids is 1. The SMILES string of the molecule is CC(C)c1cccc(NC(N)=NCCNC(=O)c2ccc(O)cc2)c1. The van der Waals surface area contributed by atoms with E-state index in [1.165, 1.54) is 17.7 Å². The van der Waals surface area contributed by atoms with Gasteiger partial charge in [0.05, 0.1) is 6.54 Å². The molecule has 6 heteroatoms. The molecule has 2 aromatic carbocycles. The number of benzene rings is 2. The molecule has 2 aromatic rings. The number of nitrogens with two attached hydrogens (primary N) is 1. The number of aromatic hydroxyl groups is 1. The molecule has 0 unspecified atom stereocenters. The molecule has 6 nitrogen and oxygen atoms in total. The second kappa shape index (κ2) is 8.73. The summed E-state index contributed by atoms with van der Waals surface area (Å²) >= 11 is 0. The topological polar surface area (TPSA) is 99.7 Å². The molecule has 0 aliphatic heterocycles. The number of hydrogen-bond acceptors (Lipinski definition) is 3. The summed E-state index contributed by atoms with van der Waals surface area (Å²) in [6.45, 7) is 5.00. The van der Waals surface area contributed by atoms with Gasteiger partial charge in [0.25, 0.3) is 5.91 Å². The lowest BCUT2D eigenvalue weighted by Crippen LogP contribution is -2.28. The van der Waals surface area contributed by atoms with Gasteiger partial charge in [0.2, 0.25) is 0 Å². The van der Waals surface area contributed by atoms with E-state index in [9.17, 15) is 9.90 Å². The van der Waals surface area contributed by atoms with Crippen LogP contribution < -0.4 is 16.4 Å². The molecule has 0 aromatic heterocycles. The smallest absolute Gasteiger partial charge is 0.251 e. The Morgan fingerprint density at radius 1 is 1.20 bits per heavy atom. The van der Waals surface area contributed by atoms with Crippen molar-refractivity contribution in [3.05, 3.63) is 59.7 Å². The van der Waals surface area contributed by atoms with Crippen molar-refractivity contribution in [2.45, 2.75) is 19.8 Å². The van der Waals surface area contributed by atoms with E-state index in [2.05, 4.69) is 35.5 Å². The number of guanidine groups is 1. The Bertz CT molecular complexity index is 739. The molecule has 0 aliphatic rings. The van der Waals surface area contributed by atoms with E-state index < -0.39 is 0 Å². The third-order valence-electron chi connectivity index (χ3n) is 3.63. The first-order chi connectivity index (χ1) is 12.0. The number of phenols is 1. The van der Waals surface area contributed by atoms with E-state index >= 15 is 0 Å². The van der Waals surface area contributed by atoms with Crippen LogP contribution in [0.4, 0.5) is 5.69 Å². The van der Waals surface area contributed by atoms with Crippen LogP contribution in [0.1, 0.15) is 35.7 Å². The van der Waals surface area contributed by atoms with E-state index in [0.29, 0.717) is 30.5 Å². The van der Waals surface area contributed by atoms with Crippen LogP contribution in [-0.4, -0.2) is 30.1 Å². The van der Waals surface area contributed by atoms with Crippen molar-refractivity contribution in [2.24, 2.45) is 10.7 Å². The number of nitrogens with zero attached hydrogens (tertiary/aromatic N) is 1. The Balaban J connectivity index is 1.80. The minimum Gasteiger partial charge on any atom is -0.508 e. The van der Waals surface area contributed by atoms with E-state index in [-0.39, 0.29) is 11.7 Å². The molecule has 1 amide bonds. The number of carbonyl (C=O) groups is 1. The van der Waals surface area contributed by atoms with Gasteiger partial charge in [-0.1, -0.05) is 26.0 Å². The van der Waals surface area contributed by atoms with Crippen molar-refractivity contribution in [1.29, 1.82) is 0 Å². The predicted molar refractivity (Wildman–Crippen MR) is 101 cm³/mol. The Kier molecular flexibility index (Phi) is 6.39. The summed E-state index contributed by atoms with van der Waals surface area (Å²) in [5.74, 6) is 0.655. The second-order valence-electron chi connectivity index (χ2n) is 5.97. The van der Waals surface area contributed by atoms with Gasteiger partial charge in [-0.15, -0.1) is 0 Å². The molecule has 0 spiro atoms. The van der Waals surface area contributed by atoms with Gasteiger partial charge >= 0.3 is 0 Å². The van der Waals surface area contributed by atoms with Gasteiger partial charge in [-0.2, -0.15) is 0 Å². The first-order valence-corrected chi connectivity index (χ1v) is 8.20. The normalized spacial score (nSPS) is 11.4. The van der Waals surface area contributed by atoms with Gasteiger partial charge in [-0.05, 0) is 47.9 Å². The molecule has 0 heterocycles. The van der Waals surface area contributed by atoms with Crippen LogP contribution in [0.3, 0.4) is 0 Å². The highest BCUT2D eigenvalue weighted by molar-refractivity contribution is 5.94. The lowest BCUT2D eigenvalue weighted by molar-refractivity contribution is 0.0955. The van der Waals surface area contributed by atoms with E-state index in [1.54, 1.807) is 12.1 Å². The number of phenolic OH excluding ortho intramolecular Hbond substituents is 1. The van der Waals surface area contributed by atoms with Crippen molar-refractivity contribution in [2.75, 3.05) is 18.4 Å². The molecule has 0 bridgehead atoms. The van der Waals surface area contributed by atoms with Gasteiger partial charge in [0, 0.05) is 17.8 Å². The number of hydrogen-bond donors (Lipinski definition) is 4. The lowest BCUT2D eigenvalue weighted by Gasteiger charge is -2.10.